The van der Waals surface area contributed by atoms with Crippen LogP contribution >= 0.6 is 15.9 Å². The fourth-order valence-corrected chi connectivity index (χ4v) is 2.03. The summed E-state index contributed by atoms with van der Waals surface area (Å²) < 4.78 is 6.42. The lowest BCUT2D eigenvalue weighted by atomic mass is 10.1. The second-order valence-corrected chi connectivity index (χ2v) is 5.94. The Balaban J connectivity index is 1.84. The Bertz CT molecular complexity index is 684. The highest BCUT2D eigenvalue weighted by molar-refractivity contribution is 9.10. The van der Waals surface area contributed by atoms with Gasteiger partial charge in [0.05, 0.1) is 0 Å². The zero-order valence-corrected chi connectivity index (χ0v) is 14.4. The molecule has 0 fully saturated rings. The van der Waals surface area contributed by atoms with Gasteiger partial charge in [0.15, 0.2) is 6.10 Å². The zero-order valence-electron chi connectivity index (χ0n) is 12.8. The van der Waals surface area contributed by atoms with Crippen molar-refractivity contribution < 1.29 is 14.3 Å². The van der Waals surface area contributed by atoms with Crippen LogP contribution in [0.3, 0.4) is 0 Å². The van der Waals surface area contributed by atoms with E-state index in [4.69, 9.17) is 4.74 Å². The van der Waals surface area contributed by atoms with Gasteiger partial charge >= 0.3 is 0 Å². The zero-order chi connectivity index (χ0) is 16.8. The van der Waals surface area contributed by atoms with E-state index in [9.17, 15) is 9.59 Å². The first-order valence-electron chi connectivity index (χ1n) is 7.05. The van der Waals surface area contributed by atoms with Gasteiger partial charge in [0, 0.05) is 10.0 Å². The number of carbonyl (C=O) groups is 2. The van der Waals surface area contributed by atoms with E-state index in [0.29, 0.717) is 11.3 Å². The van der Waals surface area contributed by atoms with E-state index in [0.717, 1.165) is 10.0 Å². The maximum Gasteiger partial charge on any atom is 0.279 e. The van der Waals surface area contributed by atoms with Crippen LogP contribution in [0.5, 0.6) is 5.75 Å². The van der Waals surface area contributed by atoms with Crippen LogP contribution in [0.4, 0.5) is 0 Å². The van der Waals surface area contributed by atoms with Gasteiger partial charge in [-0.1, -0.05) is 33.6 Å². The normalized spacial score (nSPS) is 11.4. The molecule has 2 aromatic rings. The number of hydrogen-bond acceptors (Lipinski definition) is 3. The maximum atomic E-state index is 11.9. The second-order valence-electron chi connectivity index (χ2n) is 5.02. The summed E-state index contributed by atoms with van der Waals surface area (Å²) in [6.45, 7) is 3.54. The first-order chi connectivity index (χ1) is 11.0. The summed E-state index contributed by atoms with van der Waals surface area (Å²) in [6, 6.07) is 14.2. The molecular weight excluding hydrogens is 360 g/mol. The predicted molar refractivity (Wildman–Crippen MR) is 91.0 cm³/mol. The number of hydrazine groups is 1. The molecule has 5 nitrogen and oxygen atoms in total. The van der Waals surface area contributed by atoms with Gasteiger partial charge in [-0.3, -0.25) is 20.4 Å². The molecule has 0 saturated heterocycles. The summed E-state index contributed by atoms with van der Waals surface area (Å²) in [5.41, 5.74) is 6.25. The first-order valence-corrected chi connectivity index (χ1v) is 7.84. The molecule has 2 aromatic carbocycles. The molecule has 6 heteroatoms. The van der Waals surface area contributed by atoms with Crippen molar-refractivity contribution in [2.24, 2.45) is 0 Å². The lowest BCUT2D eigenvalue weighted by molar-refractivity contribution is -0.128. The Morgan fingerprint density at radius 3 is 2.22 bits per heavy atom. The van der Waals surface area contributed by atoms with Gasteiger partial charge < -0.3 is 4.74 Å². The quantitative estimate of drug-likeness (QED) is 0.806. The highest BCUT2D eigenvalue weighted by Crippen LogP contribution is 2.17. The molecule has 2 N–H and O–H groups in total. The molecule has 0 aromatic heterocycles. The Labute approximate surface area is 143 Å². The van der Waals surface area contributed by atoms with Crippen LogP contribution in [0.1, 0.15) is 22.8 Å². The van der Waals surface area contributed by atoms with E-state index >= 15 is 0 Å². The van der Waals surface area contributed by atoms with Crippen molar-refractivity contribution in [2.75, 3.05) is 0 Å². The number of aryl methyl sites for hydroxylation is 1. The SMILES string of the molecule is Cc1ccc(C(=O)NNC(=O)[C@@H](C)Oc2ccc(Br)cc2)cc1. The molecule has 0 bridgehead atoms. The van der Waals surface area contributed by atoms with Crippen molar-refractivity contribution in [1.29, 1.82) is 0 Å². The summed E-state index contributed by atoms with van der Waals surface area (Å²) in [6.07, 6.45) is -0.741. The predicted octanol–water partition coefficient (Wildman–Crippen LogP) is 2.99. The molecular formula is C17H17BrN2O3. The monoisotopic (exact) mass is 376 g/mol. The van der Waals surface area contributed by atoms with E-state index in [1.54, 1.807) is 31.2 Å². The molecule has 0 aliphatic rings. The molecule has 0 spiro atoms. The lowest BCUT2D eigenvalue weighted by Gasteiger charge is -2.15. The molecule has 0 unspecified atom stereocenters. The standard InChI is InChI=1S/C17H17BrN2O3/c1-11-3-5-13(6-4-11)17(22)20-19-16(21)12(2)23-15-9-7-14(18)8-10-15/h3-10,12H,1-2H3,(H,19,21)(H,20,22)/t12-/m1/s1. The van der Waals surface area contributed by atoms with E-state index in [-0.39, 0.29) is 5.91 Å². The molecule has 0 aliphatic carbocycles. The van der Waals surface area contributed by atoms with Gasteiger partial charge in [-0.2, -0.15) is 0 Å². The summed E-state index contributed by atoms with van der Waals surface area (Å²) in [5, 5.41) is 0. The Morgan fingerprint density at radius 2 is 1.61 bits per heavy atom. The molecule has 2 amide bonds. The maximum absolute atomic E-state index is 11.9. The van der Waals surface area contributed by atoms with Crippen molar-refractivity contribution in [3.05, 3.63) is 64.1 Å². The third-order valence-corrected chi connectivity index (χ3v) is 3.64. The van der Waals surface area contributed by atoms with Gasteiger partial charge in [0.2, 0.25) is 0 Å². The van der Waals surface area contributed by atoms with Crippen LogP contribution in [0.2, 0.25) is 0 Å². The van der Waals surface area contributed by atoms with Crippen LogP contribution in [0.15, 0.2) is 53.0 Å². The van der Waals surface area contributed by atoms with Crippen molar-refractivity contribution >= 4 is 27.7 Å². The topological polar surface area (TPSA) is 67.4 Å². The Hall–Kier alpha value is -2.34. The van der Waals surface area contributed by atoms with Crippen LogP contribution in [0, 0.1) is 6.92 Å². The van der Waals surface area contributed by atoms with E-state index in [1.165, 1.54) is 0 Å². The summed E-state index contributed by atoms with van der Waals surface area (Å²) >= 11 is 3.33. The fraction of sp³-hybridized carbons (Fsp3) is 0.176. The van der Waals surface area contributed by atoms with Crippen LogP contribution in [-0.4, -0.2) is 17.9 Å². The van der Waals surface area contributed by atoms with Gasteiger partial charge in [-0.15, -0.1) is 0 Å². The van der Waals surface area contributed by atoms with E-state index < -0.39 is 12.0 Å². The highest BCUT2D eigenvalue weighted by Gasteiger charge is 2.15. The summed E-state index contributed by atoms with van der Waals surface area (Å²) in [5.74, 6) is -0.247. The van der Waals surface area contributed by atoms with Crippen molar-refractivity contribution in [3.8, 4) is 5.75 Å². The minimum Gasteiger partial charge on any atom is -0.481 e. The minimum absolute atomic E-state index is 0.380. The smallest absolute Gasteiger partial charge is 0.279 e. The number of halogens is 1. The van der Waals surface area contributed by atoms with Gasteiger partial charge in [0.25, 0.3) is 11.8 Å². The molecule has 0 heterocycles. The Morgan fingerprint density at radius 1 is 1.00 bits per heavy atom. The molecule has 120 valence electrons. The largest absolute Gasteiger partial charge is 0.481 e. The number of rotatable bonds is 4. The fourth-order valence-electron chi connectivity index (χ4n) is 1.77. The van der Waals surface area contributed by atoms with Gasteiger partial charge in [0.1, 0.15) is 5.75 Å². The van der Waals surface area contributed by atoms with E-state index in [2.05, 4.69) is 26.8 Å². The number of nitrogens with one attached hydrogen (secondary N) is 2. The molecule has 0 radical (unpaired) electrons. The molecule has 0 saturated carbocycles. The van der Waals surface area contributed by atoms with E-state index in [1.807, 2.05) is 31.2 Å². The molecule has 2 rings (SSSR count). The lowest BCUT2D eigenvalue weighted by Crippen LogP contribution is -2.47. The number of benzene rings is 2. The number of ether oxygens (including phenoxy) is 1. The third kappa shape index (κ3) is 5.10. The van der Waals surface area contributed by atoms with Crippen molar-refractivity contribution in [1.82, 2.24) is 10.9 Å². The highest BCUT2D eigenvalue weighted by atomic mass is 79.9. The summed E-state index contributed by atoms with van der Waals surface area (Å²) in [4.78, 5) is 23.9. The average molecular weight is 377 g/mol. The van der Waals surface area contributed by atoms with Crippen molar-refractivity contribution in [3.63, 3.8) is 0 Å². The van der Waals surface area contributed by atoms with Crippen molar-refractivity contribution in [2.45, 2.75) is 20.0 Å². The van der Waals surface area contributed by atoms with Crippen LogP contribution < -0.4 is 15.6 Å². The first kappa shape index (κ1) is 17.0. The molecule has 23 heavy (non-hydrogen) atoms. The number of hydrogen-bond donors (Lipinski definition) is 2. The minimum atomic E-state index is -0.741. The molecule has 1 atom stereocenters. The Kier molecular flexibility index (Phi) is 5.76. The van der Waals surface area contributed by atoms with Gasteiger partial charge in [-0.05, 0) is 50.2 Å². The van der Waals surface area contributed by atoms with Crippen LogP contribution in [0.25, 0.3) is 0 Å². The van der Waals surface area contributed by atoms with Gasteiger partial charge in [-0.25, -0.2) is 0 Å². The number of carbonyl (C=O) groups excluding carboxylic acids is 2. The second kappa shape index (κ2) is 7.78. The average Bonchev–Trinajstić information content (AvgIpc) is 2.55. The number of amides is 2. The molecule has 0 aliphatic heterocycles. The third-order valence-electron chi connectivity index (χ3n) is 3.11. The van der Waals surface area contributed by atoms with Crippen LogP contribution in [-0.2, 0) is 4.79 Å². The summed E-state index contributed by atoms with van der Waals surface area (Å²) in [7, 11) is 0.